The minimum absolute atomic E-state index is 0.0177. The molecule has 6 heteroatoms. The second-order valence-electron chi connectivity index (χ2n) is 7.68. The van der Waals surface area contributed by atoms with Crippen LogP contribution in [0.15, 0.2) is 24.3 Å². The topological polar surface area (TPSA) is 52.7 Å². The summed E-state index contributed by atoms with van der Waals surface area (Å²) in [6.07, 6.45) is 0.425. The van der Waals surface area contributed by atoms with Crippen LogP contribution in [0.1, 0.15) is 34.1 Å². The molecule has 2 amide bonds. The molecule has 0 aromatic heterocycles. The summed E-state index contributed by atoms with van der Waals surface area (Å²) in [5.41, 5.74) is 0.962. The third-order valence-corrected chi connectivity index (χ3v) is 4.63. The fourth-order valence-electron chi connectivity index (χ4n) is 3.15. The first-order valence-corrected chi connectivity index (χ1v) is 9.36. The molecule has 0 bridgehead atoms. The fraction of sp³-hybridized carbons (Fsp3) is 0.600. The van der Waals surface area contributed by atoms with Crippen molar-refractivity contribution in [3.63, 3.8) is 0 Å². The predicted octanol–water partition coefficient (Wildman–Crippen LogP) is 2.66. The van der Waals surface area contributed by atoms with Gasteiger partial charge in [0.1, 0.15) is 11.9 Å². The molecular formula is C20H30FN3O2. The molecule has 1 aliphatic heterocycles. The molecule has 1 atom stereocenters. The number of nitrogens with one attached hydrogen (secondary N) is 1. The summed E-state index contributed by atoms with van der Waals surface area (Å²) in [6.45, 7) is 10.5. The molecule has 1 aromatic rings. The average Bonchev–Trinajstić information content (AvgIpc) is 2.59. The highest BCUT2D eigenvalue weighted by Gasteiger charge is 2.30. The maximum absolute atomic E-state index is 13.1. The zero-order chi connectivity index (χ0) is 19.3. The molecular weight excluding hydrogens is 333 g/mol. The number of amides is 2. The van der Waals surface area contributed by atoms with E-state index in [2.05, 4.69) is 10.2 Å². The second-order valence-corrected chi connectivity index (χ2v) is 7.68. The van der Waals surface area contributed by atoms with Crippen LogP contribution in [0.2, 0.25) is 0 Å². The van der Waals surface area contributed by atoms with Crippen molar-refractivity contribution in [2.24, 2.45) is 11.8 Å². The van der Waals surface area contributed by atoms with Crippen LogP contribution in [0.3, 0.4) is 0 Å². The monoisotopic (exact) mass is 363 g/mol. The van der Waals surface area contributed by atoms with Crippen LogP contribution in [0, 0.1) is 17.7 Å². The molecule has 26 heavy (non-hydrogen) atoms. The lowest BCUT2D eigenvalue weighted by molar-refractivity contribution is -0.138. The van der Waals surface area contributed by atoms with E-state index in [4.69, 9.17) is 0 Å². The number of anilines is 1. The highest BCUT2D eigenvalue weighted by Crippen LogP contribution is 2.18. The van der Waals surface area contributed by atoms with Gasteiger partial charge in [0.25, 0.3) is 0 Å². The van der Waals surface area contributed by atoms with Gasteiger partial charge < -0.3 is 15.1 Å². The van der Waals surface area contributed by atoms with Gasteiger partial charge in [0, 0.05) is 38.3 Å². The number of benzene rings is 1. The summed E-state index contributed by atoms with van der Waals surface area (Å²) in [6, 6.07) is 5.93. The quantitative estimate of drug-likeness (QED) is 0.845. The van der Waals surface area contributed by atoms with Crippen molar-refractivity contribution in [1.82, 2.24) is 10.2 Å². The van der Waals surface area contributed by atoms with E-state index in [0.29, 0.717) is 32.6 Å². The highest BCUT2D eigenvalue weighted by molar-refractivity contribution is 5.88. The molecule has 0 saturated carbocycles. The summed E-state index contributed by atoms with van der Waals surface area (Å²) in [5.74, 6) is -0.0433. The molecule has 1 N–H and O–H groups in total. The molecule has 0 spiro atoms. The maximum Gasteiger partial charge on any atom is 0.245 e. The Morgan fingerprint density at radius 2 is 1.62 bits per heavy atom. The molecule has 1 unspecified atom stereocenters. The van der Waals surface area contributed by atoms with E-state index < -0.39 is 6.04 Å². The normalized spacial score (nSPS) is 16.1. The van der Waals surface area contributed by atoms with E-state index >= 15 is 0 Å². The predicted molar refractivity (Wildman–Crippen MR) is 101 cm³/mol. The van der Waals surface area contributed by atoms with Crippen molar-refractivity contribution in [2.75, 3.05) is 31.1 Å². The van der Waals surface area contributed by atoms with Gasteiger partial charge in [0.2, 0.25) is 11.8 Å². The zero-order valence-electron chi connectivity index (χ0n) is 16.2. The van der Waals surface area contributed by atoms with Gasteiger partial charge in [-0.15, -0.1) is 0 Å². The Hall–Kier alpha value is -2.11. The van der Waals surface area contributed by atoms with Crippen molar-refractivity contribution in [3.05, 3.63) is 30.1 Å². The Kier molecular flexibility index (Phi) is 7.00. The van der Waals surface area contributed by atoms with Crippen LogP contribution < -0.4 is 10.2 Å². The van der Waals surface area contributed by atoms with Gasteiger partial charge in [0.15, 0.2) is 0 Å². The molecule has 1 fully saturated rings. The summed E-state index contributed by atoms with van der Waals surface area (Å²) < 4.78 is 13.1. The van der Waals surface area contributed by atoms with Crippen LogP contribution in [0.5, 0.6) is 0 Å². The molecule has 0 radical (unpaired) electrons. The van der Waals surface area contributed by atoms with Crippen LogP contribution >= 0.6 is 0 Å². The highest BCUT2D eigenvalue weighted by atomic mass is 19.1. The lowest BCUT2D eigenvalue weighted by Gasteiger charge is -2.38. The van der Waals surface area contributed by atoms with E-state index in [1.165, 1.54) is 12.1 Å². The molecule has 1 heterocycles. The largest absolute Gasteiger partial charge is 0.368 e. The van der Waals surface area contributed by atoms with Gasteiger partial charge >= 0.3 is 0 Å². The summed E-state index contributed by atoms with van der Waals surface area (Å²) in [4.78, 5) is 29.0. The number of carbonyl (C=O) groups is 2. The van der Waals surface area contributed by atoms with E-state index in [-0.39, 0.29) is 29.5 Å². The fourth-order valence-corrected chi connectivity index (χ4v) is 3.15. The number of piperazine rings is 1. The first kappa shape index (κ1) is 20.2. The van der Waals surface area contributed by atoms with E-state index in [1.807, 2.05) is 32.6 Å². The Bertz CT molecular complexity index is 608. The van der Waals surface area contributed by atoms with Crippen LogP contribution in [0.4, 0.5) is 10.1 Å². The van der Waals surface area contributed by atoms with Crippen molar-refractivity contribution >= 4 is 17.5 Å². The number of hydrogen-bond acceptors (Lipinski definition) is 3. The lowest BCUT2D eigenvalue weighted by atomic mass is 10.0. The minimum Gasteiger partial charge on any atom is -0.368 e. The standard InChI is InChI=1S/C20H30FN3O2/c1-14(2)13-18(25)22-19(15(3)4)20(26)24-11-9-23(10-12-24)17-7-5-16(21)6-8-17/h5-8,14-15,19H,9-13H2,1-4H3,(H,22,25). The molecule has 1 aliphatic rings. The minimum atomic E-state index is -0.487. The van der Waals surface area contributed by atoms with Crippen molar-refractivity contribution in [1.29, 1.82) is 0 Å². The molecule has 1 aromatic carbocycles. The van der Waals surface area contributed by atoms with Crippen molar-refractivity contribution < 1.29 is 14.0 Å². The van der Waals surface area contributed by atoms with Crippen molar-refractivity contribution in [2.45, 2.75) is 40.2 Å². The molecule has 2 rings (SSSR count). The molecule has 5 nitrogen and oxygen atoms in total. The van der Waals surface area contributed by atoms with E-state index in [1.54, 1.807) is 12.1 Å². The van der Waals surface area contributed by atoms with Crippen LogP contribution in [0.25, 0.3) is 0 Å². The number of carbonyl (C=O) groups excluding carboxylic acids is 2. The Labute approximate surface area is 155 Å². The second kappa shape index (κ2) is 9.01. The van der Waals surface area contributed by atoms with Gasteiger partial charge in [-0.2, -0.15) is 0 Å². The summed E-state index contributed by atoms with van der Waals surface area (Å²) >= 11 is 0. The SMILES string of the molecule is CC(C)CC(=O)NC(C(=O)N1CCN(c2ccc(F)cc2)CC1)C(C)C. The van der Waals surface area contributed by atoms with E-state index in [9.17, 15) is 14.0 Å². The average molecular weight is 363 g/mol. The van der Waals surface area contributed by atoms with Gasteiger partial charge in [-0.05, 0) is 36.1 Å². The first-order chi connectivity index (χ1) is 12.3. The summed E-state index contributed by atoms with van der Waals surface area (Å²) in [7, 11) is 0. The maximum atomic E-state index is 13.1. The zero-order valence-corrected chi connectivity index (χ0v) is 16.2. The van der Waals surface area contributed by atoms with Crippen LogP contribution in [-0.4, -0.2) is 48.9 Å². The number of rotatable bonds is 6. The van der Waals surface area contributed by atoms with Crippen molar-refractivity contribution in [3.8, 4) is 0 Å². The first-order valence-electron chi connectivity index (χ1n) is 9.36. The van der Waals surface area contributed by atoms with E-state index in [0.717, 1.165) is 5.69 Å². The smallest absolute Gasteiger partial charge is 0.245 e. The summed E-state index contributed by atoms with van der Waals surface area (Å²) in [5, 5.41) is 2.91. The van der Waals surface area contributed by atoms with Gasteiger partial charge in [0.05, 0.1) is 0 Å². The number of hydrogen-bond donors (Lipinski definition) is 1. The Morgan fingerprint density at radius 1 is 1.04 bits per heavy atom. The van der Waals surface area contributed by atoms with Gasteiger partial charge in [-0.3, -0.25) is 9.59 Å². The lowest BCUT2D eigenvalue weighted by Crippen LogP contribution is -2.56. The third-order valence-electron chi connectivity index (χ3n) is 4.63. The van der Waals surface area contributed by atoms with Gasteiger partial charge in [-0.1, -0.05) is 27.7 Å². The molecule has 1 saturated heterocycles. The molecule has 0 aliphatic carbocycles. The molecule has 144 valence electrons. The number of nitrogens with zero attached hydrogens (tertiary/aromatic N) is 2. The Morgan fingerprint density at radius 3 is 2.12 bits per heavy atom. The third kappa shape index (κ3) is 5.44. The Balaban J connectivity index is 1.94. The van der Waals surface area contributed by atoms with Gasteiger partial charge in [-0.25, -0.2) is 4.39 Å². The number of halogens is 1. The van der Waals surface area contributed by atoms with Crippen LogP contribution in [-0.2, 0) is 9.59 Å².